The van der Waals surface area contributed by atoms with E-state index in [2.05, 4.69) is 5.32 Å². The molecule has 1 aromatic carbocycles. The molecule has 1 fully saturated rings. The molecule has 1 aliphatic heterocycles. The van der Waals surface area contributed by atoms with E-state index in [0.29, 0.717) is 5.56 Å². The van der Waals surface area contributed by atoms with Crippen LogP contribution in [0.1, 0.15) is 30.0 Å². The monoisotopic (exact) mass is 227 g/mol. The second-order valence-corrected chi connectivity index (χ2v) is 4.02. The van der Waals surface area contributed by atoms with Gasteiger partial charge in [-0.1, -0.05) is 12.1 Å². The minimum Gasteiger partial charge on any atom is -0.380 e. The predicted octanol–water partition coefficient (Wildman–Crippen LogP) is 2.54. The zero-order valence-corrected chi connectivity index (χ0v) is 9.22. The Morgan fingerprint density at radius 3 is 2.81 bits per heavy atom. The highest BCUT2D eigenvalue weighted by Crippen LogP contribution is 2.27. The van der Waals surface area contributed by atoms with Gasteiger partial charge in [0.2, 0.25) is 0 Å². The lowest BCUT2D eigenvalue weighted by Crippen LogP contribution is -2.15. The van der Waals surface area contributed by atoms with Crippen molar-refractivity contribution in [3.8, 4) is 0 Å². The first-order valence-corrected chi connectivity index (χ1v) is 5.43. The second-order valence-electron chi connectivity index (χ2n) is 4.02. The fourth-order valence-corrected chi connectivity index (χ4v) is 2.09. The molecule has 0 aliphatic carbocycles. The highest BCUT2D eigenvalue weighted by molar-refractivity contribution is 5.28. The Morgan fingerprint density at radius 2 is 2.19 bits per heavy atom. The fraction of sp³-hybridized carbons (Fsp3) is 0.500. The van der Waals surface area contributed by atoms with Crippen molar-refractivity contribution in [1.82, 2.24) is 5.32 Å². The van der Waals surface area contributed by atoms with Gasteiger partial charge in [0.15, 0.2) is 11.6 Å². The number of nitrogens with one attached hydrogen (secondary N) is 1. The van der Waals surface area contributed by atoms with Crippen molar-refractivity contribution < 1.29 is 13.5 Å². The van der Waals surface area contributed by atoms with Gasteiger partial charge in [0.1, 0.15) is 0 Å². The molecule has 0 saturated carbocycles. The lowest BCUT2D eigenvalue weighted by Gasteiger charge is -2.13. The van der Waals surface area contributed by atoms with Crippen LogP contribution in [0.3, 0.4) is 0 Å². The third kappa shape index (κ3) is 2.08. The normalized spacial score (nSPS) is 20.3. The Balaban J connectivity index is 2.30. The molecule has 0 amide bonds. The Labute approximate surface area is 93.6 Å². The summed E-state index contributed by atoms with van der Waals surface area (Å²) in [6.07, 6.45) is 1.87. The third-order valence-corrected chi connectivity index (χ3v) is 2.93. The molecular formula is C12H15F2NO. The van der Waals surface area contributed by atoms with E-state index < -0.39 is 11.6 Å². The molecule has 0 bridgehead atoms. The lowest BCUT2D eigenvalue weighted by molar-refractivity contribution is 0.180. The van der Waals surface area contributed by atoms with Crippen LogP contribution in [0, 0.1) is 11.6 Å². The van der Waals surface area contributed by atoms with E-state index in [4.69, 9.17) is 4.74 Å². The highest BCUT2D eigenvalue weighted by atomic mass is 19.2. The molecule has 1 N–H and O–H groups in total. The summed E-state index contributed by atoms with van der Waals surface area (Å²) in [6.45, 7) is 0.965. The van der Waals surface area contributed by atoms with Gasteiger partial charge in [-0.2, -0.15) is 0 Å². The second kappa shape index (κ2) is 4.89. The van der Waals surface area contributed by atoms with Crippen LogP contribution in [-0.2, 0) is 11.3 Å². The quantitative estimate of drug-likeness (QED) is 0.856. The van der Waals surface area contributed by atoms with Crippen LogP contribution in [0.5, 0.6) is 0 Å². The maximum Gasteiger partial charge on any atom is 0.164 e. The minimum atomic E-state index is -0.784. The summed E-state index contributed by atoms with van der Waals surface area (Å²) in [5, 5.41) is 3.15. The molecule has 4 heteroatoms. The zero-order valence-electron chi connectivity index (χ0n) is 9.22. The summed E-state index contributed by atoms with van der Waals surface area (Å²) in [5.74, 6) is -1.53. The van der Waals surface area contributed by atoms with Crippen LogP contribution in [0.25, 0.3) is 0 Å². The van der Waals surface area contributed by atoms with Gasteiger partial charge >= 0.3 is 0 Å². The summed E-state index contributed by atoms with van der Waals surface area (Å²) >= 11 is 0. The van der Waals surface area contributed by atoms with Gasteiger partial charge < -0.3 is 10.1 Å². The molecule has 0 radical (unpaired) electrons. The number of benzene rings is 1. The Morgan fingerprint density at radius 1 is 1.38 bits per heavy atom. The Hall–Kier alpha value is -1.00. The minimum absolute atomic E-state index is 0.0499. The first kappa shape index (κ1) is 11.5. The van der Waals surface area contributed by atoms with Crippen molar-refractivity contribution in [1.29, 1.82) is 0 Å². The molecule has 1 heterocycles. The average Bonchev–Trinajstić information content (AvgIpc) is 2.79. The van der Waals surface area contributed by atoms with Crippen LogP contribution >= 0.6 is 0 Å². The molecule has 0 aromatic heterocycles. The van der Waals surface area contributed by atoms with E-state index in [1.165, 1.54) is 7.11 Å². The highest BCUT2D eigenvalue weighted by Gasteiger charge is 2.22. The zero-order chi connectivity index (χ0) is 11.5. The summed E-state index contributed by atoms with van der Waals surface area (Å²) in [4.78, 5) is 0. The number of hydrogen-bond acceptors (Lipinski definition) is 2. The maximum absolute atomic E-state index is 13.8. The molecule has 1 aromatic rings. The van der Waals surface area contributed by atoms with E-state index in [9.17, 15) is 8.78 Å². The first-order valence-electron chi connectivity index (χ1n) is 5.43. The van der Waals surface area contributed by atoms with Crippen LogP contribution in [-0.4, -0.2) is 13.7 Å². The van der Waals surface area contributed by atoms with E-state index >= 15 is 0 Å². The van der Waals surface area contributed by atoms with Crippen molar-refractivity contribution >= 4 is 0 Å². The first-order chi connectivity index (χ1) is 7.74. The smallest absolute Gasteiger partial charge is 0.164 e. The van der Waals surface area contributed by atoms with Crippen molar-refractivity contribution in [3.05, 3.63) is 34.9 Å². The number of ether oxygens (including phenoxy) is 1. The number of hydrogen-bond donors (Lipinski definition) is 1. The van der Waals surface area contributed by atoms with Gasteiger partial charge in [0, 0.05) is 24.3 Å². The summed E-state index contributed by atoms with van der Waals surface area (Å²) < 4.78 is 32.2. The Bertz CT molecular complexity index is 376. The number of rotatable bonds is 3. The molecule has 1 unspecified atom stereocenters. The van der Waals surface area contributed by atoms with Gasteiger partial charge in [-0.15, -0.1) is 0 Å². The number of methoxy groups -OCH3 is 1. The van der Waals surface area contributed by atoms with Crippen LogP contribution in [0.4, 0.5) is 8.78 Å². The van der Waals surface area contributed by atoms with Gasteiger partial charge in [0.05, 0.1) is 6.61 Å². The van der Waals surface area contributed by atoms with E-state index in [0.717, 1.165) is 19.4 Å². The molecule has 1 saturated heterocycles. The average molecular weight is 227 g/mol. The number of halogens is 2. The van der Waals surface area contributed by atoms with Gasteiger partial charge in [-0.05, 0) is 19.4 Å². The molecular weight excluding hydrogens is 212 g/mol. The molecule has 0 spiro atoms. The van der Waals surface area contributed by atoms with E-state index in [1.54, 1.807) is 12.1 Å². The van der Waals surface area contributed by atoms with Gasteiger partial charge in [-0.25, -0.2) is 8.78 Å². The summed E-state index contributed by atoms with van der Waals surface area (Å²) in [7, 11) is 1.46. The topological polar surface area (TPSA) is 21.3 Å². The van der Waals surface area contributed by atoms with Gasteiger partial charge in [-0.3, -0.25) is 0 Å². The van der Waals surface area contributed by atoms with E-state index in [1.807, 2.05) is 0 Å². The molecule has 1 atom stereocenters. The largest absolute Gasteiger partial charge is 0.380 e. The third-order valence-electron chi connectivity index (χ3n) is 2.93. The Kier molecular flexibility index (Phi) is 3.51. The van der Waals surface area contributed by atoms with Crippen molar-refractivity contribution in [3.63, 3.8) is 0 Å². The van der Waals surface area contributed by atoms with E-state index in [-0.39, 0.29) is 18.2 Å². The van der Waals surface area contributed by atoms with Gasteiger partial charge in [0.25, 0.3) is 0 Å². The fourth-order valence-electron chi connectivity index (χ4n) is 2.09. The van der Waals surface area contributed by atoms with Crippen LogP contribution in [0.15, 0.2) is 12.1 Å². The molecule has 16 heavy (non-hydrogen) atoms. The maximum atomic E-state index is 13.8. The van der Waals surface area contributed by atoms with Crippen LogP contribution < -0.4 is 5.32 Å². The lowest BCUT2D eigenvalue weighted by atomic mass is 10.0. The predicted molar refractivity (Wildman–Crippen MR) is 57.0 cm³/mol. The standard InChI is InChI=1S/C12H15F2NO/c1-16-7-8-4-5-9(12(14)11(8)13)10-3-2-6-15-10/h4-5,10,15H,2-3,6-7H2,1H3. The van der Waals surface area contributed by atoms with Crippen LogP contribution in [0.2, 0.25) is 0 Å². The summed E-state index contributed by atoms with van der Waals surface area (Å²) in [6, 6.07) is 3.19. The molecule has 2 nitrogen and oxygen atoms in total. The summed E-state index contributed by atoms with van der Waals surface area (Å²) in [5.41, 5.74) is 0.691. The molecule has 1 aliphatic rings. The SMILES string of the molecule is COCc1ccc(C2CCCN2)c(F)c1F. The van der Waals surface area contributed by atoms with Crippen molar-refractivity contribution in [2.75, 3.05) is 13.7 Å². The van der Waals surface area contributed by atoms with Crippen molar-refractivity contribution in [2.45, 2.75) is 25.5 Å². The molecule has 2 rings (SSSR count). The van der Waals surface area contributed by atoms with Crippen molar-refractivity contribution in [2.24, 2.45) is 0 Å². The molecule has 88 valence electrons.